The summed E-state index contributed by atoms with van der Waals surface area (Å²) in [6.07, 6.45) is -3.34. The summed E-state index contributed by atoms with van der Waals surface area (Å²) < 4.78 is 55.3. The van der Waals surface area contributed by atoms with E-state index in [1.165, 1.54) is 11.7 Å². The van der Waals surface area contributed by atoms with Crippen molar-refractivity contribution in [3.05, 3.63) is 65.4 Å². The number of halogens is 4. The maximum Gasteiger partial charge on any atom is 0.282 e. The molecule has 0 unspecified atom stereocenters. The number of aryl methyl sites for hydroxylation is 1. The van der Waals surface area contributed by atoms with Crippen LogP contribution in [0.25, 0.3) is 22.4 Å². The highest BCUT2D eigenvalue weighted by Crippen LogP contribution is 2.37. The number of hydrogen-bond acceptors (Lipinski definition) is 2. The number of primary amides is 1. The molecule has 0 spiro atoms. The molecular weight excluding hydrogens is 362 g/mol. The third-order valence-electron chi connectivity index (χ3n) is 4.09. The summed E-state index contributed by atoms with van der Waals surface area (Å²) in [5.74, 6) is -2.33. The van der Waals surface area contributed by atoms with Crippen molar-refractivity contribution in [3.8, 4) is 22.4 Å². The Balaban J connectivity index is 2.28. The highest BCUT2D eigenvalue weighted by atomic mass is 19.3. The van der Waals surface area contributed by atoms with Crippen molar-refractivity contribution in [2.75, 3.05) is 0 Å². The number of benzene rings is 2. The lowest BCUT2D eigenvalue weighted by molar-refractivity contribution is -0.117. The summed E-state index contributed by atoms with van der Waals surface area (Å²) in [5, 5.41) is 3.82. The summed E-state index contributed by atoms with van der Waals surface area (Å²) in [6, 6.07) is 9.53. The molecule has 2 N–H and O–H groups in total. The van der Waals surface area contributed by atoms with Crippen LogP contribution in [0.1, 0.15) is 17.7 Å². The Kier molecular flexibility index (Phi) is 4.98. The first-order valence-corrected chi connectivity index (χ1v) is 7.96. The Hall–Kier alpha value is -3.16. The van der Waals surface area contributed by atoms with Crippen molar-refractivity contribution in [1.29, 1.82) is 0 Å². The molecule has 27 heavy (non-hydrogen) atoms. The number of nitrogens with two attached hydrogens (primary N) is 1. The topological polar surface area (TPSA) is 60.9 Å². The van der Waals surface area contributed by atoms with Gasteiger partial charge < -0.3 is 5.73 Å². The number of aromatic nitrogens is 2. The zero-order valence-corrected chi connectivity index (χ0v) is 14.2. The predicted octanol–water partition coefficient (Wildman–Crippen LogP) is 4.00. The second kappa shape index (κ2) is 7.22. The molecule has 1 amide bonds. The Morgan fingerprint density at radius 3 is 2.26 bits per heavy atom. The van der Waals surface area contributed by atoms with Gasteiger partial charge >= 0.3 is 0 Å². The van der Waals surface area contributed by atoms with Crippen molar-refractivity contribution in [3.63, 3.8) is 0 Å². The van der Waals surface area contributed by atoms with E-state index in [2.05, 4.69) is 5.10 Å². The molecule has 0 atom stereocenters. The van der Waals surface area contributed by atoms with Crippen LogP contribution in [0, 0.1) is 11.6 Å². The SMILES string of the molecule is Cn1nc(C(F)F)c(CC(N)=O)c1-c1ccccc1-c1cc(F)cc(F)c1. The molecule has 0 bridgehead atoms. The predicted molar refractivity (Wildman–Crippen MR) is 91.9 cm³/mol. The molecule has 0 aliphatic heterocycles. The minimum absolute atomic E-state index is 0.00988. The van der Waals surface area contributed by atoms with Gasteiger partial charge in [0, 0.05) is 24.2 Å². The fraction of sp³-hybridized carbons (Fsp3) is 0.158. The van der Waals surface area contributed by atoms with Crippen molar-refractivity contribution in [1.82, 2.24) is 9.78 Å². The third kappa shape index (κ3) is 3.69. The molecule has 2 aromatic carbocycles. The van der Waals surface area contributed by atoms with Crippen LogP contribution in [0.2, 0.25) is 0 Å². The Bertz CT molecular complexity index is 994. The largest absolute Gasteiger partial charge is 0.369 e. The van der Waals surface area contributed by atoms with Gasteiger partial charge in [-0.1, -0.05) is 24.3 Å². The Morgan fingerprint density at radius 1 is 1.11 bits per heavy atom. The quantitative estimate of drug-likeness (QED) is 0.684. The number of alkyl halides is 2. The Morgan fingerprint density at radius 2 is 1.70 bits per heavy atom. The fourth-order valence-electron chi connectivity index (χ4n) is 3.10. The van der Waals surface area contributed by atoms with Crippen LogP contribution in [-0.4, -0.2) is 15.7 Å². The van der Waals surface area contributed by atoms with E-state index in [-0.39, 0.29) is 16.8 Å². The molecule has 1 heterocycles. The summed E-state index contributed by atoms with van der Waals surface area (Å²) in [5.41, 5.74) is 5.94. The molecule has 0 saturated heterocycles. The maximum atomic E-state index is 13.7. The summed E-state index contributed by atoms with van der Waals surface area (Å²) in [7, 11) is 1.45. The zero-order chi connectivity index (χ0) is 19.7. The number of carbonyl (C=O) groups is 1. The van der Waals surface area contributed by atoms with Gasteiger partial charge in [0.2, 0.25) is 5.91 Å². The van der Waals surface area contributed by atoms with E-state index in [1.807, 2.05) is 0 Å². The number of carbonyl (C=O) groups excluding carboxylic acids is 1. The average molecular weight is 377 g/mol. The molecule has 4 nitrogen and oxygen atoms in total. The van der Waals surface area contributed by atoms with Crippen molar-refractivity contribution in [2.24, 2.45) is 12.8 Å². The van der Waals surface area contributed by atoms with Gasteiger partial charge in [-0.15, -0.1) is 0 Å². The second-order valence-corrected chi connectivity index (χ2v) is 5.98. The van der Waals surface area contributed by atoms with Gasteiger partial charge in [0.05, 0.1) is 12.1 Å². The van der Waals surface area contributed by atoms with Crippen LogP contribution in [0.4, 0.5) is 17.6 Å². The molecule has 0 fully saturated rings. The van der Waals surface area contributed by atoms with Gasteiger partial charge in [-0.3, -0.25) is 9.48 Å². The van der Waals surface area contributed by atoms with E-state index in [0.717, 1.165) is 18.2 Å². The molecule has 1 aromatic heterocycles. The second-order valence-electron chi connectivity index (χ2n) is 5.98. The maximum absolute atomic E-state index is 13.7. The number of amides is 1. The summed E-state index contributed by atoms with van der Waals surface area (Å²) in [4.78, 5) is 11.4. The van der Waals surface area contributed by atoms with E-state index < -0.39 is 36.1 Å². The molecule has 140 valence electrons. The first kappa shape index (κ1) is 18.6. The first-order valence-electron chi connectivity index (χ1n) is 7.96. The minimum Gasteiger partial charge on any atom is -0.369 e. The van der Waals surface area contributed by atoms with Gasteiger partial charge in [-0.05, 0) is 23.3 Å². The van der Waals surface area contributed by atoms with E-state index in [1.54, 1.807) is 24.3 Å². The molecule has 0 saturated carbocycles. The molecular formula is C19H15F4N3O. The van der Waals surface area contributed by atoms with Gasteiger partial charge in [-0.25, -0.2) is 17.6 Å². The van der Waals surface area contributed by atoms with E-state index in [4.69, 9.17) is 5.73 Å². The molecule has 0 aliphatic rings. The third-order valence-corrected chi connectivity index (χ3v) is 4.09. The van der Waals surface area contributed by atoms with Gasteiger partial charge in [-0.2, -0.15) is 5.10 Å². The zero-order valence-electron chi connectivity index (χ0n) is 14.2. The summed E-state index contributed by atoms with van der Waals surface area (Å²) >= 11 is 0. The van der Waals surface area contributed by atoms with Crippen molar-refractivity contribution >= 4 is 5.91 Å². The normalized spacial score (nSPS) is 11.2. The highest BCUT2D eigenvalue weighted by molar-refractivity contribution is 5.86. The van der Waals surface area contributed by atoms with Crippen LogP contribution in [0.5, 0.6) is 0 Å². The van der Waals surface area contributed by atoms with Crippen LogP contribution >= 0.6 is 0 Å². The lowest BCUT2D eigenvalue weighted by Gasteiger charge is -2.13. The van der Waals surface area contributed by atoms with Crippen molar-refractivity contribution < 1.29 is 22.4 Å². The van der Waals surface area contributed by atoms with E-state index in [9.17, 15) is 22.4 Å². The molecule has 0 aliphatic carbocycles. The lowest BCUT2D eigenvalue weighted by Crippen LogP contribution is -2.15. The smallest absolute Gasteiger partial charge is 0.282 e. The summed E-state index contributed by atoms with van der Waals surface area (Å²) in [6.45, 7) is 0. The molecule has 3 rings (SSSR count). The lowest BCUT2D eigenvalue weighted by atomic mass is 9.94. The van der Waals surface area contributed by atoms with Crippen LogP contribution in [-0.2, 0) is 18.3 Å². The van der Waals surface area contributed by atoms with Gasteiger partial charge in [0.25, 0.3) is 6.43 Å². The monoisotopic (exact) mass is 377 g/mol. The van der Waals surface area contributed by atoms with Crippen molar-refractivity contribution in [2.45, 2.75) is 12.8 Å². The Labute approximate surface area is 152 Å². The number of hydrogen-bond donors (Lipinski definition) is 1. The molecule has 0 radical (unpaired) electrons. The van der Waals surface area contributed by atoms with Crippen LogP contribution in [0.15, 0.2) is 42.5 Å². The minimum atomic E-state index is -2.90. The standard InChI is InChI=1S/C19H15F4N3O/c1-26-18(15(9-16(24)27)17(25-26)19(22)23)14-5-3-2-4-13(14)10-6-11(20)8-12(21)7-10/h2-8,19H,9H2,1H3,(H2,24,27). The van der Waals surface area contributed by atoms with Gasteiger partial charge in [0.15, 0.2) is 0 Å². The van der Waals surface area contributed by atoms with Crippen LogP contribution in [0.3, 0.4) is 0 Å². The fourth-order valence-corrected chi connectivity index (χ4v) is 3.10. The van der Waals surface area contributed by atoms with E-state index >= 15 is 0 Å². The average Bonchev–Trinajstić information content (AvgIpc) is 2.89. The number of nitrogens with zero attached hydrogens (tertiary/aromatic N) is 2. The molecule has 3 aromatic rings. The van der Waals surface area contributed by atoms with E-state index in [0.29, 0.717) is 11.1 Å². The highest BCUT2D eigenvalue weighted by Gasteiger charge is 2.26. The van der Waals surface area contributed by atoms with Crippen LogP contribution < -0.4 is 5.73 Å². The molecule has 8 heteroatoms. The first-order chi connectivity index (χ1) is 12.8. The number of rotatable bonds is 5. The van der Waals surface area contributed by atoms with Gasteiger partial charge in [0.1, 0.15) is 17.3 Å².